The molecule has 0 fully saturated rings. The fourth-order valence-corrected chi connectivity index (χ4v) is 1.59. The van der Waals surface area contributed by atoms with E-state index in [0.717, 1.165) is 25.8 Å². The van der Waals surface area contributed by atoms with Gasteiger partial charge in [0.2, 0.25) is 5.91 Å². The molecule has 0 saturated heterocycles. The van der Waals surface area contributed by atoms with Crippen LogP contribution in [0.3, 0.4) is 0 Å². The van der Waals surface area contributed by atoms with Gasteiger partial charge in [0.05, 0.1) is 5.54 Å². The molecule has 4 nitrogen and oxygen atoms in total. The van der Waals surface area contributed by atoms with Crippen LogP contribution >= 0.6 is 0 Å². The second-order valence-electron chi connectivity index (χ2n) is 4.79. The number of likely N-dealkylation sites (N-methyl/N-ethyl adjacent to an activating group) is 1. The maximum absolute atomic E-state index is 11.3. The lowest BCUT2D eigenvalue weighted by Gasteiger charge is -2.28. The van der Waals surface area contributed by atoms with Gasteiger partial charge in [0.25, 0.3) is 0 Å². The zero-order valence-electron chi connectivity index (χ0n) is 11.3. The number of amides is 1. The minimum atomic E-state index is -0.573. The summed E-state index contributed by atoms with van der Waals surface area (Å²) in [4.78, 5) is 13.6. The monoisotopic (exact) mass is 229 g/mol. The molecule has 0 heterocycles. The van der Waals surface area contributed by atoms with Gasteiger partial charge in [-0.05, 0) is 53.8 Å². The van der Waals surface area contributed by atoms with E-state index in [-0.39, 0.29) is 5.91 Å². The van der Waals surface area contributed by atoms with Crippen LogP contribution < -0.4 is 11.1 Å². The summed E-state index contributed by atoms with van der Waals surface area (Å²) in [6.07, 6.45) is 2.90. The normalized spacial score (nSPS) is 17.1. The van der Waals surface area contributed by atoms with Crippen LogP contribution in [-0.2, 0) is 4.79 Å². The van der Waals surface area contributed by atoms with E-state index < -0.39 is 5.54 Å². The van der Waals surface area contributed by atoms with Crippen LogP contribution in [-0.4, -0.2) is 43.0 Å². The summed E-state index contributed by atoms with van der Waals surface area (Å²) in [5.41, 5.74) is 4.80. The molecule has 0 aliphatic carbocycles. The number of hydrogen-bond donors (Lipinski definition) is 2. The highest BCUT2D eigenvalue weighted by Gasteiger charge is 2.28. The summed E-state index contributed by atoms with van der Waals surface area (Å²) >= 11 is 0. The van der Waals surface area contributed by atoms with Gasteiger partial charge in [-0.3, -0.25) is 4.79 Å². The minimum absolute atomic E-state index is 0.277. The van der Waals surface area contributed by atoms with Gasteiger partial charge in [-0.15, -0.1) is 0 Å². The number of carbonyl (C=O) groups is 1. The van der Waals surface area contributed by atoms with Crippen molar-refractivity contribution >= 4 is 5.91 Å². The lowest BCUT2D eigenvalue weighted by molar-refractivity contribution is -0.123. The zero-order valence-corrected chi connectivity index (χ0v) is 11.3. The van der Waals surface area contributed by atoms with Crippen molar-refractivity contribution in [3.63, 3.8) is 0 Å². The van der Waals surface area contributed by atoms with E-state index in [4.69, 9.17) is 5.73 Å². The summed E-state index contributed by atoms with van der Waals surface area (Å²) < 4.78 is 0. The summed E-state index contributed by atoms with van der Waals surface area (Å²) in [5.74, 6) is -0.277. The Labute approximate surface area is 99.6 Å². The molecule has 0 aromatic rings. The highest BCUT2D eigenvalue weighted by atomic mass is 16.1. The number of nitrogens with zero attached hydrogens (tertiary/aromatic N) is 1. The molecule has 0 rings (SSSR count). The molecule has 2 atom stereocenters. The largest absolute Gasteiger partial charge is 0.368 e. The van der Waals surface area contributed by atoms with Crippen molar-refractivity contribution in [3.8, 4) is 0 Å². The number of nitrogens with one attached hydrogen (secondary N) is 1. The Morgan fingerprint density at radius 3 is 2.50 bits per heavy atom. The minimum Gasteiger partial charge on any atom is -0.368 e. The van der Waals surface area contributed by atoms with Crippen LogP contribution in [0.25, 0.3) is 0 Å². The molecule has 0 radical (unpaired) electrons. The Morgan fingerprint density at radius 1 is 1.56 bits per heavy atom. The van der Waals surface area contributed by atoms with E-state index in [0.29, 0.717) is 6.04 Å². The van der Waals surface area contributed by atoms with Crippen LogP contribution in [0, 0.1) is 0 Å². The van der Waals surface area contributed by atoms with Crippen LogP contribution in [0.2, 0.25) is 0 Å². The van der Waals surface area contributed by atoms with E-state index in [1.807, 2.05) is 6.92 Å². The fourth-order valence-electron chi connectivity index (χ4n) is 1.59. The molecule has 96 valence electrons. The SMILES string of the molecule is CCC(C)N(C)CCCC(C)(NC)C(N)=O. The first-order valence-corrected chi connectivity index (χ1v) is 6.06. The first kappa shape index (κ1) is 15.4. The quantitative estimate of drug-likeness (QED) is 0.652. The number of primary amides is 1. The molecule has 0 saturated carbocycles. The van der Waals surface area contributed by atoms with Crippen molar-refractivity contribution < 1.29 is 4.79 Å². The van der Waals surface area contributed by atoms with Crippen molar-refractivity contribution in [1.82, 2.24) is 10.2 Å². The van der Waals surface area contributed by atoms with Gasteiger partial charge in [0, 0.05) is 6.04 Å². The maximum Gasteiger partial charge on any atom is 0.237 e. The molecule has 16 heavy (non-hydrogen) atoms. The van der Waals surface area contributed by atoms with Crippen molar-refractivity contribution in [2.75, 3.05) is 20.6 Å². The predicted octanol–water partition coefficient (Wildman–Crippen LogP) is 0.960. The highest BCUT2D eigenvalue weighted by Crippen LogP contribution is 2.12. The second-order valence-corrected chi connectivity index (χ2v) is 4.79. The van der Waals surface area contributed by atoms with Crippen molar-refractivity contribution in [2.45, 2.75) is 51.6 Å². The smallest absolute Gasteiger partial charge is 0.237 e. The van der Waals surface area contributed by atoms with Gasteiger partial charge in [0.15, 0.2) is 0 Å². The van der Waals surface area contributed by atoms with Gasteiger partial charge in [-0.1, -0.05) is 6.92 Å². The Bertz CT molecular complexity index is 220. The molecule has 0 aliphatic rings. The molecule has 1 amide bonds. The Hall–Kier alpha value is -0.610. The van der Waals surface area contributed by atoms with Gasteiger partial charge in [0.1, 0.15) is 0 Å². The van der Waals surface area contributed by atoms with E-state index in [2.05, 4.69) is 31.1 Å². The van der Waals surface area contributed by atoms with Crippen molar-refractivity contribution in [2.24, 2.45) is 5.73 Å². The summed E-state index contributed by atoms with van der Waals surface area (Å²) in [6.45, 7) is 7.26. The van der Waals surface area contributed by atoms with Crippen molar-refractivity contribution in [3.05, 3.63) is 0 Å². The van der Waals surface area contributed by atoms with Gasteiger partial charge >= 0.3 is 0 Å². The van der Waals surface area contributed by atoms with Crippen LogP contribution in [0.15, 0.2) is 0 Å². The summed E-state index contributed by atoms with van der Waals surface area (Å²) in [7, 11) is 3.90. The summed E-state index contributed by atoms with van der Waals surface area (Å²) in [6, 6.07) is 0.592. The molecule has 4 heteroatoms. The van der Waals surface area contributed by atoms with Gasteiger partial charge in [-0.2, -0.15) is 0 Å². The van der Waals surface area contributed by atoms with Crippen LogP contribution in [0.1, 0.15) is 40.0 Å². The molecule has 0 aromatic carbocycles. The third-order valence-corrected chi connectivity index (χ3v) is 3.63. The lowest BCUT2D eigenvalue weighted by atomic mass is 9.95. The van der Waals surface area contributed by atoms with Gasteiger partial charge in [-0.25, -0.2) is 0 Å². The Balaban J connectivity index is 4.01. The maximum atomic E-state index is 11.3. The number of carbonyl (C=O) groups excluding carboxylic acids is 1. The number of hydrogen-bond acceptors (Lipinski definition) is 3. The predicted molar refractivity (Wildman–Crippen MR) is 68.3 cm³/mol. The topological polar surface area (TPSA) is 58.4 Å². The molecule has 0 aliphatic heterocycles. The van der Waals surface area contributed by atoms with Crippen LogP contribution in [0.4, 0.5) is 0 Å². The zero-order chi connectivity index (χ0) is 12.8. The molecule has 0 spiro atoms. The van der Waals surface area contributed by atoms with Crippen LogP contribution in [0.5, 0.6) is 0 Å². The van der Waals surface area contributed by atoms with E-state index >= 15 is 0 Å². The van der Waals surface area contributed by atoms with Gasteiger partial charge < -0.3 is 16.0 Å². The summed E-state index contributed by atoms with van der Waals surface area (Å²) in [5, 5.41) is 3.00. The first-order valence-electron chi connectivity index (χ1n) is 6.06. The number of rotatable bonds is 8. The standard InChI is InChI=1S/C12H27N3O/c1-6-10(2)15(5)9-7-8-12(3,14-4)11(13)16/h10,14H,6-9H2,1-5H3,(H2,13,16). The number of nitrogens with two attached hydrogens (primary N) is 1. The first-order chi connectivity index (χ1) is 7.37. The lowest BCUT2D eigenvalue weighted by Crippen LogP contribution is -2.51. The third-order valence-electron chi connectivity index (χ3n) is 3.63. The third kappa shape index (κ3) is 4.49. The Morgan fingerprint density at radius 2 is 2.12 bits per heavy atom. The molecule has 2 unspecified atom stereocenters. The second kappa shape index (κ2) is 6.86. The fraction of sp³-hybridized carbons (Fsp3) is 0.917. The average molecular weight is 229 g/mol. The highest BCUT2D eigenvalue weighted by molar-refractivity contribution is 5.84. The average Bonchev–Trinajstić information content (AvgIpc) is 2.27. The van der Waals surface area contributed by atoms with E-state index in [1.165, 1.54) is 0 Å². The molecular formula is C12H27N3O. The van der Waals surface area contributed by atoms with E-state index in [1.54, 1.807) is 7.05 Å². The Kier molecular flexibility index (Phi) is 6.60. The van der Waals surface area contributed by atoms with E-state index in [9.17, 15) is 4.79 Å². The molecule has 0 bridgehead atoms. The molecule has 3 N–H and O–H groups in total. The molecule has 0 aromatic heterocycles. The molecular weight excluding hydrogens is 202 g/mol. The van der Waals surface area contributed by atoms with Crippen molar-refractivity contribution in [1.29, 1.82) is 0 Å².